The van der Waals surface area contributed by atoms with Crippen molar-refractivity contribution in [1.29, 1.82) is 0 Å². The van der Waals surface area contributed by atoms with Crippen molar-refractivity contribution in [3.8, 4) is 0 Å². The summed E-state index contributed by atoms with van der Waals surface area (Å²) in [4.78, 5) is 0.296. The lowest BCUT2D eigenvalue weighted by Gasteiger charge is -2.06. The second kappa shape index (κ2) is 3.54. The average molecular weight is 228 g/mol. The van der Waals surface area contributed by atoms with Crippen molar-refractivity contribution in [2.24, 2.45) is 0 Å². The average Bonchev–Trinajstić information content (AvgIpc) is 2.50. The van der Waals surface area contributed by atoms with Crippen LogP contribution in [0.4, 0.5) is 4.39 Å². The predicted molar refractivity (Wildman–Crippen MR) is 58.9 cm³/mol. The SMILES string of the molecule is OB(O)c1c(F)cc2ccsc2c1S. The van der Waals surface area contributed by atoms with E-state index in [-0.39, 0.29) is 5.46 Å². The van der Waals surface area contributed by atoms with E-state index in [9.17, 15) is 4.39 Å². The van der Waals surface area contributed by atoms with Gasteiger partial charge in [0, 0.05) is 15.1 Å². The molecule has 2 nitrogen and oxygen atoms in total. The Morgan fingerprint density at radius 1 is 1.43 bits per heavy atom. The summed E-state index contributed by atoms with van der Waals surface area (Å²) in [5.74, 6) is -0.643. The third kappa shape index (κ3) is 1.44. The maximum atomic E-state index is 13.3. The molecule has 1 aromatic heterocycles. The Labute approximate surface area is 89.6 Å². The summed E-state index contributed by atoms with van der Waals surface area (Å²) in [5.41, 5.74) is -0.164. The van der Waals surface area contributed by atoms with Gasteiger partial charge in [-0.25, -0.2) is 4.39 Å². The molecule has 0 amide bonds. The molecule has 2 rings (SSSR count). The third-order valence-electron chi connectivity index (χ3n) is 1.96. The van der Waals surface area contributed by atoms with Crippen LogP contribution < -0.4 is 5.46 Å². The number of hydrogen-bond acceptors (Lipinski definition) is 4. The number of thiol groups is 1. The van der Waals surface area contributed by atoms with Crippen molar-refractivity contribution >= 4 is 46.6 Å². The summed E-state index contributed by atoms with van der Waals surface area (Å²) in [5, 5.41) is 20.4. The van der Waals surface area contributed by atoms with E-state index in [0.29, 0.717) is 4.90 Å². The maximum Gasteiger partial charge on any atom is 0.492 e. The van der Waals surface area contributed by atoms with Crippen LogP contribution in [0.5, 0.6) is 0 Å². The lowest BCUT2D eigenvalue weighted by Crippen LogP contribution is -2.34. The van der Waals surface area contributed by atoms with Gasteiger partial charge in [-0.1, -0.05) is 0 Å². The molecule has 0 aliphatic heterocycles. The van der Waals surface area contributed by atoms with Gasteiger partial charge in [-0.3, -0.25) is 0 Å². The van der Waals surface area contributed by atoms with Crippen molar-refractivity contribution in [3.05, 3.63) is 23.3 Å². The van der Waals surface area contributed by atoms with Crippen molar-refractivity contribution in [2.45, 2.75) is 4.90 Å². The zero-order chi connectivity index (χ0) is 10.3. The minimum atomic E-state index is -1.83. The molecule has 72 valence electrons. The Morgan fingerprint density at radius 2 is 2.14 bits per heavy atom. The standard InChI is InChI=1S/C8H6BFO2S2/c10-5-3-4-1-2-14-8(4)7(13)6(5)9(11)12/h1-3,11-13H. The highest BCUT2D eigenvalue weighted by Gasteiger charge is 2.22. The predicted octanol–water partition coefficient (Wildman–Crippen LogP) is 1.01. The van der Waals surface area contributed by atoms with Gasteiger partial charge in [0.05, 0.1) is 0 Å². The third-order valence-corrected chi connectivity index (χ3v) is 3.53. The minimum Gasteiger partial charge on any atom is -0.423 e. The first kappa shape index (κ1) is 9.98. The van der Waals surface area contributed by atoms with E-state index in [0.717, 1.165) is 10.1 Å². The van der Waals surface area contributed by atoms with E-state index in [1.807, 2.05) is 0 Å². The molecule has 0 radical (unpaired) electrons. The van der Waals surface area contributed by atoms with Gasteiger partial charge >= 0.3 is 7.12 Å². The summed E-state index contributed by atoms with van der Waals surface area (Å²) in [6.45, 7) is 0. The molecule has 0 aliphatic rings. The van der Waals surface area contributed by atoms with Crippen LogP contribution in [-0.2, 0) is 0 Å². The number of rotatable bonds is 1. The first-order chi connectivity index (χ1) is 6.61. The Bertz CT molecular complexity index is 483. The zero-order valence-corrected chi connectivity index (χ0v) is 8.65. The first-order valence-electron chi connectivity index (χ1n) is 3.86. The van der Waals surface area contributed by atoms with Crippen LogP contribution in [0.2, 0.25) is 0 Å². The second-order valence-electron chi connectivity index (χ2n) is 2.83. The highest BCUT2D eigenvalue weighted by molar-refractivity contribution is 7.81. The van der Waals surface area contributed by atoms with Crippen LogP contribution in [0.1, 0.15) is 0 Å². The molecule has 2 N–H and O–H groups in total. The van der Waals surface area contributed by atoms with Crippen LogP contribution in [0, 0.1) is 5.82 Å². The molecule has 0 atom stereocenters. The van der Waals surface area contributed by atoms with E-state index >= 15 is 0 Å². The first-order valence-corrected chi connectivity index (χ1v) is 5.18. The molecule has 0 spiro atoms. The van der Waals surface area contributed by atoms with Gasteiger partial charge in [0.15, 0.2) is 0 Å². The van der Waals surface area contributed by atoms with Crippen LogP contribution in [0.15, 0.2) is 22.4 Å². The molecule has 1 aromatic carbocycles. The summed E-state index contributed by atoms with van der Waals surface area (Å²) in [7, 11) is -1.83. The van der Waals surface area contributed by atoms with Crippen molar-refractivity contribution in [1.82, 2.24) is 0 Å². The van der Waals surface area contributed by atoms with Crippen LogP contribution in [0.3, 0.4) is 0 Å². The van der Waals surface area contributed by atoms with Gasteiger partial charge in [0.1, 0.15) is 5.82 Å². The highest BCUT2D eigenvalue weighted by Crippen LogP contribution is 2.27. The summed E-state index contributed by atoms with van der Waals surface area (Å²) < 4.78 is 14.1. The smallest absolute Gasteiger partial charge is 0.423 e. The molecule has 14 heavy (non-hydrogen) atoms. The fraction of sp³-hybridized carbons (Fsp3) is 0. The maximum absolute atomic E-state index is 13.3. The second-order valence-corrected chi connectivity index (χ2v) is 4.20. The number of halogens is 1. The molecular weight excluding hydrogens is 222 g/mol. The van der Waals surface area contributed by atoms with E-state index in [4.69, 9.17) is 10.0 Å². The Balaban J connectivity index is 2.82. The molecule has 0 saturated heterocycles. The monoisotopic (exact) mass is 228 g/mol. The van der Waals surface area contributed by atoms with E-state index in [2.05, 4.69) is 12.6 Å². The molecule has 0 unspecified atom stereocenters. The summed E-state index contributed by atoms with van der Waals surface area (Å²) >= 11 is 5.48. The summed E-state index contributed by atoms with van der Waals surface area (Å²) in [6, 6.07) is 3.04. The lowest BCUT2D eigenvalue weighted by molar-refractivity contribution is 0.422. The fourth-order valence-corrected chi connectivity index (χ4v) is 2.67. The topological polar surface area (TPSA) is 40.5 Å². The van der Waals surface area contributed by atoms with Crippen LogP contribution in [-0.4, -0.2) is 17.2 Å². The zero-order valence-electron chi connectivity index (χ0n) is 6.94. The minimum absolute atomic E-state index is 0.164. The van der Waals surface area contributed by atoms with Gasteiger partial charge in [-0.2, -0.15) is 0 Å². The van der Waals surface area contributed by atoms with Gasteiger partial charge in [-0.05, 0) is 22.9 Å². The number of benzene rings is 1. The van der Waals surface area contributed by atoms with Crippen LogP contribution in [0.25, 0.3) is 10.1 Å². The molecule has 0 bridgehead atoms. The van der Waals surface area contributed by atoms with Crippen molar-refractivity contribution in [3.63, 3.8) is 0 Å². The number of fused-ring (bicyclic) bond motifs is 1. The van der Waals surface area contributed by atoms with Gasteiger partial charge < -0.3 is 10.0 Å². The molecule has 0 aliphatic carbocycles. The van der Waals surface area contributed by atoms with E-state index in [1.54, 1.807) is 11.4 Å². The number of hydrogen-bond donors (Lipinski definition) is 3. The number of thiophene rings is 1. The normalized spacial score (nSPS) is 10.9. The van der Waals surface area contributed by atoms with Gasteiger partial charge in [0.2, 0.25) is 0 Å². The summed E-state index contributed by atoms with van der Waals surface area (Å²) in [6.07, 6.45) is 0. The highest BCUT2D eigenvalue weighted by atomic mass is 32.1. The molecule has 0 saturated carbocycles. The van der Waals surface area contributed by atoms with Crippen molar-refractivity contribution in [2.75, 3.05) is 0 Å². The molecule has 1 heterocycles. The Hall–Kier alpha value is -0.555. The van der Waals surface area contributed by atoms with Crippen molar-refractivity contribution < 1.29 is 14.4 Å². The quantitative estimate of drug-likeness (QED) is 0.503. The largest absolute Gasteiger partial charge is 0.492 e. The van der Waals surface area contributed by atoms with E-state index in [1.165, 1.54) is 17.4 Å². The molecular formula is C8H6BFO2S2. The molecule has 6 heteroatoms. The Kier molecular flexibility index (Phi) is 2.53. The lowest BCUT2D eigenvalue weighted by atomic mass is 9.79. The van der Waals surface area contributed by atoms with E-state index < -0.39 is 12.9 Å². The molecule has 2 aromatic rings. The molecule has 0 fully saturated rings. The fourth-order valence-electron chi connectivity index (χ4n) is 1.32. The van der Waals surface area contributed by atoms with Crippen LogP contribution >= 0.6 is 24.0 Å². The Morgan fingerprint density at radius 3 is 2.79 bits per heavy atom. The van der Waals surface area contributed by atoms with Gasteiger partial charge in [-0.15, -0.1) is 24.0 Å². The van der Waals surface area contributed by atoms with Gasteiger partial charge in [0.25, 0.3) is 0 Å².